The fourth-order valence-corrected chi connectivity index (χ4v) is 3.09. The van der Waals surface area contributed by atoms with Crippen molar-refractivity contribution in [2.45, 2.75) is 89.7 Å². The van der Waals surface area contributed by atoms with E-state index in [0.717, 1.165) is 19.3 Å². The van der Waals surface area contributed by atoms with Gasteiger partial charge in [0.15, 0.2) is 0 Å². The normalized spacial score (nSPS) is 14.6. The molecule has 0 unspecified atom stereocenters. The zero-order valence-corrected chi connectivity index (χ0v) is 16.6. The van der Waals surface area contributed by atoms with Gasteiger partial charge in [0.05, 0.1) is 32.6 Å². The van der Waals surface area contributed by atoms with Crippen LogP contribution in [-0.4, -0.2) is 54.6 Å². The largest absolute Gasteiger partial charge is 0.460 e. The van der Waals surface area contributed by atoms with Crippen molar-refractivity contribution in [3.05, 3.63) is 0 Å². The maximum atomic E-state index is 14.0. The number of halogens is 9. The Balaban J connectivity index is 5.63. The smallest absolute Gasteiger partial charge is 0.323 e. The van der Waals surface area contributed by atoms with Gasteiger partial charge in [-0.3, -0.25) is 0 Å². The number of nitrogens with zero attached hydrogens (tertiary/aromatic N) is 1. The highest BCUT2D eigenvalue weighted by Gasteiger charge is 2.81. The fraction of sp³-hybridized carbons (Fsp3) is 1.00. The van der Waals surface area contributed by atoms with Crippen LogP contribution < -0.4 is 0 Å². The number of unbranched alkanes of at least 4 members (excludes halogenated alkanes) is 3. The predicted molar refractivity (Wildman–Crippen MR) is 90.0 cm³/mol. The lowest BCUT2D eigenvalue weighted by molar-refractivity contribution is -0.930. The summed E-state index contributed by atoms with van der Waals surface area (Å²) in [5.74, 6) is -18.8. The van der Waals surface area contributed by atoms with Gasteiger partial charge in [-0.25, -0.2) is 0 Å². The van der Waals surface area contributed by atoms with Crippen molar-refractivity contribution < 1.29 is 44.0 Å². The second-order valence-electron chi connectivity index (χ2n) is 7.40. The van der Waals surface area contributed by atoms with E-state index in [0.29, 0.717) is 38.9 Å². The summed E-state index contributed by atoms with van der Waals surface area (Å²) in [6, 6.07) is 0. The van der Waals surface area contributed by atoms with E-state index < -0.39 is 36.9 Å². The van der Waals surface area contributed by atoms with Crippen molar-refractivity contribution in [1.29, 1.82) is 0 Å². The zero-order chi connectivity index (χ0) is 22.3. The first-order valence-corrected chi connectivity index (χ1v) is 9.69. The minimum atomic E-state index is -6.81. The lowest BCUT2D eigenvalue weighted by atomic mass is 9.99. The van der Waals surface area contributed by atoms with Crippen LogP contribution in [0.3, 0.4) is 0 Å². The summed E-state index contributed by atoms with van der Waals surface area (Å²) in [5, 5.41) is 0. The molecule has 0 aromatic rings. The maximum absolute atomic E-state index is 14.0. The van der Waals surface area contributed by atoms with Crippen LogP contribution in [0.1, 0.15) is 65.7 Å². The van der Waals surface area contributed by atoms with Gasteiger partial charge in [-0.05, 0) is 19.3 Å². The summed E-state index contributed by atoms with van der Waals surface area (Å²) in [6.45, 7) is 6.20. The minimum Gasteiger partial charge on any atom is -0.323 e. The Morgan fingerprint density at radius 2 is 0.893 bits per heavy atom. The number of hydrogen-bond donors (Lipinski definition) is 0. The van der Waals surface area contributed by atoms with Crippen LogP contribution in [0.2, 0.25) is 0 Å². The van der Waals surface area contributed by atoms with Crippen LogP contribution >= 0.6 is 0 Å². The van der Waals surface area contributed by atoms with E-state index in [4.69, 9.17) is 0 Å². The quantitative estimate of drug-likeness (QED) is 0.204. The van der Waals surface area contributed by atoms with Crippen molar-refractivity contribution in [3.8, 4) is 0 Å². The van der Waals surface area contributed by atoms with Gasteiger partial charge in [0.25, 0.3) is 0 Å². The Bertz CT molecular complexity index is 423. The number of hydrogen-bond acceptors (Lipinski definition) is 0. The van der Waals surface area contributed by atoms with Crippen LogP contribution in [0.5, 0.6) is 0 Å². The Labute approximate surface area is 160 Å². The third-order valence-corrected chi connectivity index (χ3v) is 5.07. The molecule has 0 amide bonds. The van der Waals surface area contributed by atoms with Gasteiger partial charge in [-0.15, -0.1) is 0 Å². The molecule has 0 radical (unpaired) electrons. The molecule has 0 bridgehead atoms. The third kappa shape index (κ3) is 6.42. The number of rotatable bonds is 14. The first kappa shape index (κ1) is 27.3. The van der Waals surface area contributed by atoms with Crippen LogP contribution in [0.4, 0.5) is 39.5 Å². The van der Waals surface area contributed by atoms with Crippen LogP contribution in [-0.2, 0) is 0 Å². The Hall–Kier alpha value is -0.670. The Morgan fingerprint density at radius 3 is 1.18 bits per heavy atom. The molecule has 0 heterocycles. The summed E-state index contributed by atoms with van der Waals surface area (Å²) in [5.41, 5.74) is 0. The number of alkyl halides is 9. The first-order valence-electron chi connectivity index (χ1n) is 9.69. The van der Waals surface area contributed by atoms with E-state index >= 15 is 0 Å². The standard InChI is InChI=1S/C18H31F9N/c1-4-7-11-28(12-8-5-2,13-9-6-3)14-10-15(19,20)16(21,22)17(23,24)18(25,26)27/h4-14H2,1-3H3/q+1. The molecular formula is C18H31F9N+. The molecule has 170 valence electrons. The molecule has 0 aliphatic rings. The molecule has 0 saturated heterocycles. The van der Waals surface area contributed by atoms with Gasteiger partial charge in [0.2, 0.25) is 0 Å². The predicted octanol–water partition coefficient (Wildman–Crippen LogP) is 7.06. The molecule has 28 heavy (non-hydrogen) atoms. The monoisotopic (exact) mass is 432 g/mol. The second-order valence-corrected chi connectivity index (χ2v) is 7.40. The molecule has 0 aliphatic carbocycles. The van der Waals surface area contributed by atoms with Gasteiger partial charge < -0.3 is 4.48 Å². The number of quaternary nitrogens is 1. The van der Waals surface area contributed by atoms with E-state index in [1.54, 1.807) is 0 Å². The highest BCUT2D eigenvalue weighted by molar-refractivity contribution is 5.00. The summed E-state index contributed by atoms with van der Waals surface area (Å²) in [7, 11) is 0. The molecule has 0 aromatic heterocycles. The van der Waals surface area contributed by atoms with Gasteiger partial charge in [0.1, 0.15) is 0 Å². The average Bonchev–Trinajstić information content (AvgIpc) is 2.59. The molecule has 10 heteroatoms. The lowest BCUT2D eigenvalue weighted by Crippen LogP contribution is -2.62. The van der Waals surface area contributed by atoms with Gasteiger partial charge in [0, 0.05) is 0 Å². The first-order chi connectivity index (χ1) is 12.6. The van der Waals surface area contributed by atoms with Crippen LogP contribution in [0, 0.1) is 0 Å². The lowest BCUT2D eigenvalue weighted by Gasteiger charge is -2.41. The van der Waals surface area contributed by atoms with Gasteiger partial charge in [-0.1, -0.05) is 40.0 Å². The molecular weight excluding hydrogens is 401 g/mol. The highest BCUT2D eigenvalue weighted by Crippen LogP contribution is 2.54. The Kier molecular flexibility index (Phi) is 10.1. The molecule has 0 aliphatic heterocycles. The zero-order valence-electron chi connectivity index (χ0n) is 16.6. The molecule has 0 aromatic carbocycles. The van der Waals surface area contributed by atoms with E-state index in [2.05, 4.69) is 0 Å². The van der Waals surface area contributed by atoms with Gasteiger partial charge >= 0.3 is 23.9 Å². The average molecular weight is 432 g/mol. The molecule has 0 saturated carbocycles. The fourth-order valence-electron chi connectivity index (χ4n) is 3.09. The van der Waals surface area contributed by atoms with Gasteiger partial charge in [-0.2, -0.15) is 39.5 Å². The van der Waals surface area contributed by atoms with E-state index in [9.17, 15) is 39.5 Å². The molecule has 0 fully saturated rings. The van der Waals surface area contributed by atoms with Crippen molar-refractivity contribution in [1.82, 2.24) is 0 Å². The van der Waals surface area contributed by atoms with E-state index in [1.165, 1.54) is 0 Å². The summed E-state index contributed by atoms with van der Waals surface area (Å²) < 4.78 is 118. The van der Waals surface area contributed by atoms with Crippen LogP contribution in [0.25, 0.3) is 0 Å². The molecule has 0 spiro atoms. The summed E-state index contributed by atoms with van der Waals surface area (Å²) >= 11 is 0. The molecule has 0 atom stereocenters. The third-order valence-electron chi connectivity index (χ3n) is 5.07. The second kappa shape index (κ2) is 10.4. The van der Waals surface area contributed by atoms with E-state index in [1.807, 2.05) is 20.8 Å². The van der Waals surface area contributed by atoms with Crippen molar-refractivity contribution in [2.24, 2.45) is 0 Å². The van der Waals surface area contributed by atoms with Crippen LogP contribution in [0.15, 0.2) is 0 Å². The SMILES string of the molecule is CCCC[N+](CCCC)(CCCC)CCC(F)(F)C(F)(F)C(F)(F)C(F)(F)F. The summed E-state index contributed by atoms with van der Waals surface area (Å²) in [4.78, 5) is 0. The molecule has 0 N–H and O–H groups in total. The highest BCUT2D eigenvalue weighted by atomic mass is 19.4. The van der Waals surface area contributed by atoms with Crippen molar-refractivity contribution in [3.63, 3.8) is 0 Å². The summed E-state index contributed by atoms with van der Waals surface area (Å²) in [6.07, 6.45) is -4.48. The van der Waals surface area contributed by atoms with Crippen molar-refractivity contribution >= 4 is 0 Å². The maximum Gasteiger partial charge on any atom is 0.460 e. The topological polar surface area (TPSA) is 0 Å². The van der Waals surface area contributed by atoms with E-state index in [-0.39, 0.29) is 4.48 Å². The minimum absolute atomic E-state index is 0.0266. The Morgan fingerprint density at radius 1 is 0.536 bits per heavy atom. The van der Waals surface area contributed by atoms with Crippen molar-refractivity contribution in [2.75, 3.05) is 26.2 Å². The molecule has 1 nitrogen and oxygen atoms in total. The molecule has 0 rings (SSSR count).